The molecule has 31 heavy (non-hydrogen) atoms. The second kappa shape index (κ2) is 7.44. The highest BCUT2D eigenvalue weighted by molar-refractivity contribution is 6.29. The van der Waals surface area contributed by atoms with Crippen LogP contribution in [-0.2, 0) is 13.0 Å². The summed E-state index contributed by atoms with van der Waals surface area (Å²) in [6.07, 6.45) is 12.5. The van der Waals surface area contributed by atoms with E-state index in [1.165, 1.54) is 44.1 Å². The molecule has 4 aliphatic carbocycles. The van der Waals surface area contributed by atoms with Crippen molar-refractivity contribution >= 4 is 23.3 Å². The maximum absolute atomic E-state index is 12.9. The van der Waals surface area contributed by atoms with Gasteiger partial charge in [-0.3, -0.25) is 4.79 Å². The molecular formula is C24H28ClN5O. The molecule has 7 heteroatoms. The molecular weight excluding hydrogens is 410 g/mol. The maximum Gasteiger partial charge on any atom is 0.255 e. The number of aromatic nitrogens is 3. The maximum atomic E-state index is 12.9. The average Bonchev–Trinajstić information content (AvgIpc) is 2.76. The van der Waals surface area contributed by atoms with E-state index in [4.69, 9.17) is 11.6 Å². The van der Waals surface area contributed by atoms with E-state index in [0.29, 0.717) is 29.2 Å². The van der Waals surface area contributed by atoms with Gasteiger partial charge in [0.2, 0.25) is 0 Å². The summed E-state index contributed by atoms with van der Waals surface area (Å²) in [5, 5.41) is 4.12. The number of hydrogen-bond donors (Lipinski definition) is 1. The highest BCUT2D eigenvalue weighted by Crippen LogP contribution is 2.59. The van der Waals surface area contributed by atoms with Crippen LogP contribution in [-0.4, -0.2) is 38.8 Å². The number of nitrogens with one attached hydrogen (secondary N) is 1. The molecule has 0 saturated heterocycles. The highest BCUT2D eigenvalue weighted by Gasteiger charge is 2.50. The average molecular weight is 438 g/mol. The van der Waals surface area contributed by atoms with E-state index >= 15 is 0 Å². The fraction of sp³-hybridized carbons (Fsp3) is 0.583. The fourth-order valence-electron chi connectivity index (χ4n) is 7.14. The molecule has 6 nitrogen and oxygen atoms in total. The first-order valence-electron chi connectivity index (χ1n) is 11.5. The SMILES string of the molecule is O=C(c1ccc(Cl)nc1)N1CCc2c(ncnc2NCC23CC4CC(CC(C4)C2)C3)C1. The quantitative estimate of drug-likeness (QED) is 0.720. The third-order valence-electron chi connectivity index (χ3n) is 8.06. The molecule has 4 fully saturated rings. The molecule has 0 radical (unpaired) electrons. The summed E-state index contributed by atoms with van der Waals surface area (Å²) < 4.78 is 0. The van der Waals surface area contributed by atoms with E-state index < -0.39 is 0 Å². The Labute approximate surface area is 187 Å². The number of nitrogens with zero attached hydrogens (tertiary/aromatic N) is 4. The van der Waals surface area contributed by atoms with Crippen molar-refractivity contribution < 1.29 is 4.79 Å². The summed E-state index contributed by atoms with van der Waals surface area (Å²) in [7, 11) is 0. The predicted molar refractivity (Wildman–Crippen MR) is 119 cm³/mol. The molecule has 1 aliphatic heterocycles. The molecule has 5 aliphatic rings. The largest absolute Gasteiger partial charge is 0.369 e. The normalized spacial score (nSPS) is 30.9. The summed E-state index contributed by atoms with van der Waals surface area (Å²) >= 11 is 5.85. The van der Waals surface area contributed by atoms with Crippen molar-refractivity contribution in [1.29, 1.82) is 0 Å². The number of amides is 1. The molecule has 162 valence electrons. The van der Waals surface area contributed by atoms with Crippen molar-refractivity contribution in [3.63, 3.8) is 0 Å². The van der Waals surface area contributed by atoms with Gasteiger partial charge in [-0.25, -0.2) is 15.0 Å². The Balaban J connectivity index is 1.16. The van der Waals surface area contributed by atoms with Crippen molar-refractivity contribution in [3.8, 4) is 0 Å². The molecule has 0 aromatic carbocycles. The van der Waals surface area contributed by atoms with Gasteiger partial charge in [-0.15, -0.1) is 0 Å². The standard InChI is InChI=1S/C24H28ClN5O/c25-21-2-1-18(11-26-21)23(31)30-4-3-19-20(12-30)28-14-29-22(19)27-13-24-8-15-5-16(9-24)7-17(6-15)10-24/h1-2,11,14-17H,3-10,12-13H2,(H,27,28,29). The zero-order chi connectivity index (χ0) is 21.0. The van der Waals surface area contributed by atoms with Crippen LogP contribution in [0.5, 0.6) is 0 Å². The molecule has 3 heterocycles. The Hall–Kier alpha value is -2.21. The molecule has 1 N–H and O–H groups in total. The predicted octanol–water partition coefficient (Wildman–Crippen LogP) is 4.35. The summed E-state index contributed by atoms with van der Waals surface area (Å²) in [5.74, 6) is 3.80. The molecule has 2 aromatic heterocycles. The molecule has 0 unspecified atom stereocenters. The van der Waals surface area contributed by atoms with Gasteiger partial charge in [0.05, 0.1) is 17.8 Å². The minimum absolute atomic E-state index is 0.0310. The third-order valence-corrected chi connectivity index (χ3v) is 8.29. The lowest BCUT2D eigenvalue weighted by atomic mass is 9.49. The Morgan fingerprint density at radius 2 is 1.84 bits per heavy atom. The zero-order valence-corrected chi connectivity index (χ0v) is 18.4. The molecule has 0 atom stereocenters. The topological polar surface area (TPSA) is 71.0 Å². The van der Waals surface area contributed by atoms with Gasteiger partial charge in [0, 0.05) is 24.8 Å². The lowest BCUT2D eigenvalue weighted by molar-refractivity contribution is -0.0444. The van der Waals surface area contributed by atoms with Crippen LogP contribution in [0.4, 0.5) is 5.82 Å². The van der Waals surface area contributed by atoms with E-state index in [-0.39, 0.29) is 5.91 Å². The molecule has 4 bridgehead atoms. The lowest BCUT2D eigenvalue weighted by Crippen LogP contribution is -2.49. The first-order valence-corrected chi connectivity index (χ1v) is 11.9. The van der Waals surface area contributed by atoms with Crippen molar-refractivity contribution in [1.82, 2.24) is 19.9 Å². The van der Waals surface area contributed by atoms with Crippen LogP contribution in [0.15, 0.2) is 24.7 Å². The lowest BCUT2D eigenvalue weighted by Gasteiger charge is -2.57. The minimum Gasteiger partial charge on any atom is -0.369 e. The summed E-state index contributed by atoms with van der Waals surface area (Å²) in [4.78, 5) is 27.9. The van der Waals surface area contributed by atoms with Gasteiger partial charge in [0.25, 0.3) is 5.91 Å². The van der Waals surface area contributed by atoms with E-state index in [0.717, 1.165) is 42.2 Å². The van der Waals surface area contributed by atoms with Crippen molar-refractivity contribution in [2.75, 3.05) is 18.4 Å². The van der Waals surface area contributed by atoms with Gasteiger partial charge in [-0.1, -0.05) is 11.6 Å². The van der Waals surface area contributed by atoms with E-state index in [1.54, 1.807) is 24.7 Å². The van der Waals surface area contributed by atoms with Crippen molar-refractivity contribution in [3.05, 3.63) is 46.6 Å². The van der Waals surface area contributed by atoms with Gasteiger partial charge in [-0.05, 0) is 80.2 Å². The van der Waals surface area contributed by atoms with Gasteiger partial charge in [0.1, 0.15) is 17.3 Å². The smallest absolute Gasteiger partial charge is 0.255 e. The van der Waals surface area contributed by atoms with Gasteiger partial charge >= 0.3 is 0 Å². The van der Waals surface area contributed by atoms with Crippen LogP contribution in [0.1, 0.15) is 60.1 Å². The molecule has 7 rings (SSSR count). The Bertz CT molecular complexity index is 972. The van der Waals surface area contributed by atoms with Crippen LogP contribution in [0.3, 0.4) is 0 Å². The summed E-state index contributed by atoms with van der Waals surface area (Å²) in [6, 6.07) is 3.38. The van der Waals surface area contributed by atoms with Crippen molar-refractivity contribution in [2.24, 2.45) is 23.2 Å². The van der Waals surface area contributed by atoms with E-state index in [1.807, 2.05) is 4.90 Å². The first kappa shape index (κ1) is 19.5. The third kappa shape index (κ3) is 3.59. The fourth-order valence-corrected chi connectivity index (χ4v) is 7.25. The van der Waals surface area contributed by atoms with Gasteiger partial charge in [-0.2, -0.15) is 0 Å². The van der Waals surface area contributed by atoms with E-state index in [9.17, 15) is 4.79 Å². The molecule has 2 aromatic rings. The number of pyridine rings is 1. The summed E-state index contributed by atoms with van der Waals surface area (Å²) in [5.41, 5.74) is 3.14. The molecule has 1 amide bonds. The second-order valence-electron chi connectivity index (χ2n) is 10.3. The second-order valence-corrected chi connectivity index (χ2v) is 10.7. The van der Waals surface area contributed by atoms with Crippen molar-refractivity contribution in [2.45, 2.75) is 51.5 Å². The van der Waals surface area contributed by atoms with Crippen LogP contribution in [0, 0.1) is 23.2 Å². The van der Waals surface area contributed by atoms with E-state index in [2.05, 4.69) is 20.3 Å². The molecule has 4 saturated carbocycles. The Morgan fingerprint density at radius 1 is 1.10 bits per heavy atom. The number of rotatable bonds is 4. The Kier molecular flexibility index (Phi) is 4.67. The van der Waals surface area contributed by atoms with Crippen LogP contribution in [0.2, 0.25) is 5.15 Å². The minimum atomic E-state index is -0.0310. The number of carbonyl (C=O) groups is 1. The van der Waals surface area contributed by atoms with Crippen LogP contribution < -0.4 is 5.32 Å². The number of hydrogen-bond acceptors (Lipinski definition) is 5. The Morgan fingerprint density at radius 3 is 2.52 bits per heavy atom. The summed E-state index contributed by atoms with van der Waals surface area (Å²) in [6.45, 7) is 2.19. The zero-order valence-electron chi connectivity index (χ0n) is 17.7. The number of anilines is 1. The number of halogens is 1. The van der Waals surface area contributed by atoms with Crippen LogP contribution >= 0.6 is 11.6 Å². The molecule has 0 spiro atoms. The first-order chi connectivity index (χ1) is 15.1. The van der Waals surface area contributed by atoms with Gasteiger partial charge < -0.3 is 10.2 Å². The van der Waals surface area contributed by atoms with Crippen LogP contribution in [0.25, 0.3) is 0 Å². The number of fused-ring (bicyclic) bond motifs is 1. The number of carbonyl (C=O) groups excluding carboxylic acids is 1. The monoisotopic (exact) mass is 437 g/mol. The van der Waals surface area contributed by atoms with Gasteiger partial charge in [0.15, 0.2) is 0 Å². The highest BCUT2D eigenvalue weighted by atomic mass is 35.5.